The normalized spacial score (nSPS) is 17.8. The molecule has 1 fully saturated rings. The molecule has 25 heavy (non-hydrogen) atoms. The second-order valence-electron chi connectivity index (χ2n) is 6.05. The lowest BCUT2D eigenvalue weighted by molar-refractivity contribution is 0.0905. The maximum absolute atomic E-state index is 12.2. The van der Waals surface area contributed by atoms with Crippen LogP contribution in [0.3, 0.4) is 0 Å². The number of hydrogen-bond acceptors (Lipinski definition) is 5. The Kier molecular flexibility index (Phi) is 5.93. The van der Waals surface area contributed by atoms with E-state index in [0.717, 1.165) is 25.1 Å². The first-order valence-electron chi connectivity index (χ1n) is 8.35. The van der Waals surface area contributed by atoms with Crippen LogP contribution in [-0.4, -0.2) is 46.7 Å². The van der Waals surface area contributed by atoms with Crippen LogP contribution in [0.5, 0.6) is 0 Å². The summed E-state index contributed by atoms with van der Waals surface area (Å²) in [6, 6.07) is 5.58. The predicted molar refractivity (Wildman–Crippen MR) is 96.2 cm³/mol. The Morgan fingerprint density at radius 2 is 2.24 bits per heavy atom. The lowest BCUT2D eigenvalue weighted by Gasteiger charge is -2.22. The molecule has 0 spiro atoms. The first kappa shape index (κ1) is 18.2. The van der Waals surface area contributed by atoms with Gasteiger partial charge < -0.3 is 9.73 Å². The van der Waals surface area contributed by atoms with E-state index in [1.54, 1.807) is 18.2 Å². The molecular weight excluding hydrogens is 363 g/mol. The number of halogens is 2. The van der Waals surface area contributed by atoms with Gasteiger partial charge in [-0.1, -0.05) is 36.2 Å². The zero-order valence-corrected chi connectivity index (χ0v) is 15.5. The maximum atomic E-state index is 12.2. The minimum absolute atomic E-state index is 0.0267. The molecule has 0 bridgehead atoms. The Bertz CT molecular complexity index is 750. The molecule has 8 heteroatoms. The highest BCUT2D eigenvalue weighted by molar-refractivity contribution is 6.35. The summed E-state index contributed by atoms with van der Waals surface area (Å²) in [7, 11) is 0. The highest BCUT2D eigenvalue weighted by Gasteiger charge is 2.24. The summed E-state index contributed by atoms with van der Waals surface area (Å²) < 4.78 is 5.46. The van der Waals surface area contributed by atoms with Crippen LogP contribution in [0.2, 0.25) is 10.0 Å². The number of benzene rings is 1. The van der Waals surface area contributed by atoms with Gasteiger partial charge in [-0.05, 0) is 43.6 Å². The van der Waals surface area contributed by atoms with E-state index in [4.69, 9.17) is 27.6 Å². The first-order valence-corrected chi connectivity index (χ1v) is 9.11. The van der Waals surface area contributed by atoms with E-state index in [0.29, 0.717) is 34.9 Å². The minimum atomic E-state index is -0.344. The molecule has 0 unspecified atom stereocenters. The summed E-state index contributed by atoms with van der Waals surface area (Å²) >= 11 is 12.0. The molecule has 2 aromatic rings. The van der Waals surface area contributed by atoms with Crippen molar-refractivity contribution in [1.82, 2.24) is 20.4 Å². The first-order chi connectivity index (χ1) is 12.1. The summed E-state index contributed by atoms with van der Waals surface area (Å²) in [6.07, 6.45) is 2.61. The number of aromatic nitrogens is 2. The van der Waals surface area contributed by atoms with Crippen LogP contribution in [0, 0.1) is 0 Å². The van der Waals surface area contributed by atoms with Crippen LogP contribution < -0.4 is 5.32 Å². The number of hydrogen-bond donors (Lipinski definition) is 1. The third-order valence-electron chi connectivity index (χ3n) is 4.42. The van der Waals surface area contributed by atoms with E-state index in [1.165, 1.54) is 6.42 Å². The molecule has 1 aliphatic heterocycles. The van der Waals surface area contributed by atoms with Gasteiger partial charge >= 0.3 is 11.8 Å². The number of likely N-dealkylation sites (N-methyl/N-ethyl adjacent to an activating group) is 1. The highest BCUT2D eigenvalue weighted by Crippen LogP contribution is 2.23. The Morgan fingerprint density at radius 3 is 3.00 bits per heavy atom. The number of nitrogens with zero attached hydrogens (tertiary/aromatic N) is 3. The third kappa shape index (κ3) is 4.51. The second kappa shape index (κ2) is 8.17. The lowest BCUT2D eigenvalue weighted by Crippen LogP contribution is -2.40. The number of nitrogens with one attached hydrogen (secondary N) is 1. The molecule has 1 aliphatic rings. The number of amides is 1. The van der Waals surface area contributed by atoms with Gasteiger partial charge in [0.1, 0.15) is 0 Å². The van der Waals surface area contributed by atoms with E-state index in [2.05, 4.69) is 27.3 Å². The predicted octanol–water partition coefficient (Wildman–Crippen LogP) is 3.18. The fraction of sp³-hybridized carbons (Fsp3) is 0.471. The number of rotatable bonds is 6. The fourth-order valence-electron chi connectivity index (χ4n) is 3.07. The lowest BCUT2D eigenvalue weighted by atomic mass is 10.1. The zero-order valence-electron chi connectivity index (χ0n) is 14.0. The Hall–Kier alpha value is -1.63. The van der Waals surface area contributed by atoms with Crippen LogP contribution >= 0.6 is 23.2 Å². The van der Waals surface area contributed by atoms with Crippen molar-refractivity contribution in [1.29, 1.82) is 0 Å². The third-order valence-corrected chi connectivity index (χ3v) is 5.01. The van der Waals surface area contributed by atoms with Gasteiger partial charge in [0.05, 0.1) is 6.42 Å². The summed E-state index contributed by atoms with van der Waals surface area (Å²) in [5.41, 5.74) is 0.811. The number of likely N-dealkylation sites (tertiary alicyclic amines) is 1. The monoisotopic (exact) mass is 382 g/mol. The van der Waals surface area contributed by atoms with Crippen molar-refractivity contribution >= 4 is 29.1 Å². The van der Waals surface area contributed by atoms with Crippen molar-refractivity contribution in [2.24, 2.45) is 0 Å². The van der Waals surface area contributed by atoms with Gasteiger partial charge in [-0.2, -0.15) is 0 Å². The molecule has 2 heterocycles. The van der Waals surface area contributed by atoms with Crippen LogP contribution in [0.4, 0.5) is 0 Å². The highest BCUT2D eigenvalue weighted by atomic mass is 35.5. The van der Waals surface area contributed by atoms with Gasteiger partial charge in [0, 0.05) is 22.6 Å². The Balaban J connectivity index is 1.58. The number of carbonyl (C=O) groups excluding carboxylic acids is 1. The molecule has 0 aliphatic carbocycles. The molecule has 3 rings (SSSR count). The molecule has 0 saturated carbocycles. The van der Waals surface area contributed by atoms with E-state index in [-0.39, 0.29) is 11.8 Å². The summed E-state index contributed by atoms with van der Waals surface area (Å²) in [5.74, 6) is -0.0320. The quantitative estimate of drug-likeness (QED) is 0.830. The summed E-state index contributed by atoms with van der Waals surface area (Å²) in [4.78, 5) is 14.6. The standard InChI is InChI=1S/C17H20Cl2N4O2/c1-2-23-7-3-4-13(23)10-20-16(24)17-22-21-15(25-17)8-11-5-6-12(18)9-14(11)19/h5-6,9,13H,2-4,7-8,10H2,1H3,(H,20,24)/t13-/m1/s1. The van der Waals surface area contributed by atoms with Crippen molar-refractivity contribution < 1.29 is 9.21 Å². The molecule has 1 saturated heterocycles. The minimum Gasteiger partial charge on any atom is -0.417 e. The molecule has 0 radical (unpaired) electrons. The molecule has 1 atom stereocenters. The molecule has 134 valence electrons. The van der Waals surface area contributed by atoms with Crippen molar-refractivity contribution in [2.75, 3.05) is 19.6 Å². The molecule has 1 amide bonds. The van der Waals surface area contributed by atoms with Crippen LogP contribution in [0.25, 0.3) is 0 Å². The SMILES string of the molecule is CCN1CCC[C@@H]1CNC(=O)c1nnc(Cc2ccc(Cl)cc2Cl)o1. The van der Waals surface area contributed by atoms with E-state index in [9.17, 15) is 4.79 Å². The summed E-state index contributed by atoms with van der Waals surface area (Å²) in [5, 5.41) is 11.7. The van der Waals surface area contributed by atoms with Crippen molar-refractivity contribution in [3.63, 3.8) is 0 Å². The van der Waals surface area contributed by atoms with Crippen molar-refractivity contribution in [3.05, 3.63) is 45.6 Å². The zero-order chi connectivity index (χ0) is 17.8. The van der Waals surface area contributed by atoms with Crippen molar-refractivity contribution in [2.45, 2.75) is 32.2 Å². The van der Waals surface area contributed by atoms with Gasteiger partial charge in [0.15, 0.2) is 0 Å². The van der Waals surface area contributed by atoms with Gasteiger partial charge in [0.25, 0.3) is 0 Å². The van der Waals surface area contributed by atoms with E-state index in [1.807, 2.05) is 0 Å². The average molecular weight is 383 g/mol. The van der Waals surface area contributed by atoms with Gasteiger partial charge in [-0.15, -0.1) is 10.2 Å². The number of carbonyl (C=O) groups is 1. The molecule has 1 aromatic heterocycles. The topological polar surface area (TPSA) is 71.3 Å². The van der Waals surface area contributed by atoms with Gasteiger partial charge in [-0.3, -0.25) is 9.69 Å². The van der Waals surface area contributed by atoms with Crippen LogP contribution in [0.1, 0.15) is 41.9 Å². The van der Waals surface area contributed by atoms with Gasteiger partial charge in [0.2, 0.25) is 5.89 Å². The van der Waals surface area contributed by atoms with Crippen molar-refractivity contribution in [3.8, 4) is 0 Å². The molecular formula is C17H20Cl2N4O2. The smallest absolute Gasteiger partial charge is 0.308 e. The maximum Gasteiger partial charge on any atom is 0.308 e. The fourth-order valence-corrected chi connectivity index (χ4v) is 3.55. The molecule has 6 nitrogen and oxygen atoms in total. The Labute approximate surface area is 156 Å². The molecule has 1 aromatic carbocycles. The largest absolute Gasteiger partial charge is 0.417 e. The van der Waals surface area contributed by atoms with Crippen LogP contribution in [-0.2, 0) is 6.42 Å². The summed E-state index contributed by atoms with van der Waals surface area (Å²) in [6.45, 7) is 4.80. The Morgan fingerprint density at radius 1 is 1.40 bits per heavy atom. The second-order valence-corrected chi connectivity index (χ2v) is 6.89. The average Bonchev–Trinajstić information content (AvgIpc) is 3.24. The van der Waals surface area contributed by atoms with E-state index < -0.39 is 0 Å². The van der Waals surface area contributed by atoms with Gasteiger partial charge in [-0.25, -0.2) is 0 Å². The van der Waals surface area contributed by atoms with E-state index >= 15 is 0 Å². The molecule has 1 N–H and O–H groups in total. The van der Waals surface area contributed by atoms with Crippen LogP contribution in [0.15, 0.2) is 22.6 Å².